The maximum atomic E-state index is 12.7. The first-order valence-corrected chi connectivity index (χ1v) is 9.93. The quantitative estimate of drug-likeness (QED) is 0.843. The Balaban J connectivity index is 1.47. The fourth-order valence-electron chi connectivity index (χ4n) is 3.58. The molecule has 2 aliphatic rings. The summed E-state index contributed by atoms with van der Waals surface area (Å²) in [6, 6.07) is 5.84. The molecule has 2 amide bonds. The topological polar surface area (TPSA) is 88.8 Å². The smallest absolute Gasteiger partial charge is 0.271 e. The molecule has 2 aromatic rings. The largest absolute Gasteiger partial charge is 0.376 e. The molecule has 29 heavy (non-hydrogen) atoms. The van der Waals surface area contributed by atoms with Crippen LogP contribution in [0.4, 0.5) is 11.4 Å². The number of aromatic nitrogens is 2. The predicted octanol–water partition coefficient (Wildman–Crippen LogP) is 2.80. The number of nitrogens with one attached hydrogen (secondary N) is 1. The Bertz CT molecular complexity index is 959. The van der Waals surface area contributed by atoms with Gasteiger partial charge in [0.1, 0.15) is 5.71 Å². The van der Waals surface area contributed by atoms with Crippen LogP contribution in [0.2, 0.25) is 0 Å². The van der Waals surface area contributed by atoms with Crippen LogP contribution in [0.5, 0.6) is 0 Å². The van der Waals surface area contributed by atoms with Crippen LogP contribution in [0.1, 0.15) is 36.8 Å². The number of carbonyl (C=O) groups is 2. The molecule has 152 valence electrons. The minimum absolute atomic E-state index is 0.111. The Labute approximate surface area is 169 Å². The monoisotopic (exact) mass is 395 g/mol. The molecule has 1 saturated heterocycles. The summed E-state index contributed by atoms with van der Waals surface area (Å²) < 4.78 is 7.40. The number of benzene rings is 1. The molecule has 0 radical (unpaired) electrons. The number of carbonyl (C=O) groups excluding carboxylic acids is 2. The van der Waals surface area contributed by atoms with E-state index in [0.29, 0.717) is 30.1 Å². The Morgan fingerprint density at radius 3 is 2.97 bits per heavy atom. The minimum Gasteiger partial charge on any atom is -0.376 e. The molecule has 0 saturated carbocycles. The summed E-state index contributed by atoms with van der Waals surface area (Å²) in [7, 11) is 0. The lowest BCUT2D eigenvalue weighted by molar-refractivity contribution is -0.118. The third-order valence-corrected chi connectivity index (χ3v) is 5.19. The highest BCUT2D eigenvalue weighted by molar-refractivity contribution is 6.44. The van der Waals surface area contributed by atoms with Crippen molar-refractivity contribution < 1.29 is 14.3 Å². The van der Waals surface area contributed by atoms with Gasteiger partial charge in [-0.2, -0.15) is 10.2 Å². The van der Waals surface area contributed by atoms with Crippen molar-refractivity contribution in [1.82, 2.24) is 9.78 Å². The number of hydrazone groups is 1. The van der Waals surface area contributed by atoms with E-state index in [1.165, 1.54) is 5.01 Å². The van der Waals surface area contributed by atoms with Crippen LogP contribution in [-0.2, 0) is 20.9 Å². The second-order valence-electron chi connectivity index (χ2n) is 7.58. The van der Waals surface area contributed by atoms with Gasteiger partial charge in [-0.05, 0) is 43.9 Å². The normalized spacial score (nSPS) is 19.4. The minimum atomic E-state index is -0.315. The highest BCUT2D eigenvalue weighted by atomic mass is 16.5. The van der Waals surface area contributed by atoms with Crippen molar-refractivity contribution in [3.8, 4) is 0 Å². The average molecular weight is 395 g/mol. The molecule has 0 spiro atoms. The third-order valence-electron chi connectivity index (χ3n) is 5.19. The summed E-state index contributed by atoms with van der Waals surface area (Å²) >= 11 is 0. The SMILES string of the molecule is Cc1ccc(C)c(N2N=C(C(=O)Nc3cnn(CC4CCCO4)c3)CCC2=O)c1. The molecule has 1 aromatic carbocycles. The second-order valence-corrected chi connectivity index (χ2v) is 7.58. The molecule has 1 aromatic heterocycles. The van der Waals surface area contributed by atoms with Crippen LogP contribution in [0.25, 0.3) is 0 Å². The van der Waals surface area contributed by atoms with Gasteiger partial charge in [-0.1, -0.05) is 12.1 Å². The Kier molecular flexibility index (Phi) is 5.44. The van der Waals surface area contributed by atoms with Gasteiger partial charge < -0.3 is 10.1 Å². The van der Waals surface area contributed by atoms with E-state index >= 15 is 0 Å². The van der Waals surface area contributed by atoms with E-state index in [9.17, 15) is 9.59 Å². The maximum absolute atomic E-state index is 12.7. The number of rotatable bonds is 5. The lowest BCUT2D eigenvalue weighted by Gasteiger charge is -2.24. The molecule has 3 heterocycles. The van der Waals surface area contributed by atoms with Crippen LogP contribution in [-0.4, -0.2) is 40.0 Å². The van der Waals surface area contributed by atoms with Crippen LogP contribution in [0, 0.1) is 13.8 Å². The van der Waals surface area contributed by atoms with Crippen LogP contribution in [0.3, 0.4) is 0 Å². The van der Waals surface area contributed by atoms with Gasteiger partial charge in [0.15, 0.2) is 0 Å². The highest BCUT2D eigenvalue weighted by Gasteiger charge is 2.27. The first kappa shape index (κ1) is 19.3. The first-order chi connectivity index (χ1) is 14.0. The number of hydrogen-bond donors (Lipinski definition) is 1. The summed E-state index contributed by atoms with van der Waals surface area (Å²) in [4.78, 5) is 25.1. The van der Waals surface area contributed by atoms with Gasteiger partial charge in [0.25, 0.3) is 5.91 Å². The van der Waals surface area contributed by atoms with Gasteiger partial charge in [0.2, 0.25) is 5.91 Å². The summed E-state index contributed by atoms with van der Waals surface area (Å²) in [5, 5.41) is 12.8. The molecule has 8 heteroatoms. The van der Waals surface area contributed by atoms with Crippen molar-refractivity contribution in [2.45, 2.75) is 52.2 Å². The summed E-state index contributed by atoms with van der Waals surface area (Å²) in [6.07, 6.45) is 6.25. The summed E-state index contributed by atoms with van der Waals surface area (Å²) in [5.41, 5.74) is 3.61. The maximum Gasteiger partial charge on any atom is 0.271 e. The molecule has 1 N–H and O–H groups in total. The molecule has 2 aliphatic heterocycles. The van der Waals surface area contributed by atoms with E-state index in [1.54, 1.807) is 17.1 Å². The summed E-state index contributed by atoms with van der Waals surface area (Å²) in [6.45, 7) is 5.36. The molecular formula is C21H25N5O3. The van der Waals surface area contributed by atoms with Gasteiger partial charge >= 0.3 is 0 Å². The van der Waals surface area contributed by atoms with Crippen LogP contribution in [0.15, 0.2) is 35.7 Å². The first-order valence-electron chi connectivity index (χ1n) is 9.93. The number of aryl methyl sites for hydroxylation is 2. The standard InChI is InChI=1S/C21H25N5O3/c1-14-5-6-15(2)19(10-14)26-20(27)8-7-18(24-26)21(28)23-16-11-22-25(12-16)13-17-4-3-9-29-17/h5-6,10-12,17H,3-4,7-9,13H2,1-2H3,(H,23,28). The molecule has 1 unspecified atom stereocenters. The van der Waals surface area contributed by atoms with Crippen LogP contribution >= 0.6 is 0 Å². The van der Waals surface area contributed by atoms with E-state index in [2.05, 4.69) is 15.5 Å². The van der Waals surface area contributed by atoms with Gasteiger partial charge in [-0.15, -0.1) is 0 Å². The molecule has 8 nitrogen and oxygen atoms in total. The van der Waals surface area contributed by atoms with Gasteiger partial charge in [0.05, 0.1) is 30.2 Å². The zero-order chi connectivity index (χ0) is 20.4. The lowest BCUT2D eigenvalue weighted by Crippen LogP contribution is -2.36. The number of hydrogen-bond acceptors (Lipinski definition) is 5. The predicted molar refractivity (Wildman–Crippen MR) is 110 cm³/mol. The van der Waals surface area contributed by atoms with E-state index in [1.807, 2.05) is 32.0 Å². The third kappa shape index (κ3) is 4.37. The molecule has 1 atom stereocenters. The molecule has 1 fully saturated rings. The van der Waals surface area contributed by atoms with E-state index in [-0.39, 0.29) is 24.3 Å². The second kappa shape index (κ2) is 8.16. The Morgan fingerprint density at radius 2 is 2.17 bits per heavy atom. The number of amides is 2. The van der Waals surface area contributed by atoms with Crippen molar-refractivity contribution in [3.63, 3.8) is 0 Å². The highest BCUT2D eigenvalue weighted by Crippen LogP contribution is 2.25. The molecule has 4 rings (SSSR count). The molecular weight excluding hydrogens is 370 g/mol. The van der Waals surface area contributed by atoms with Crippen molar-refractivity contribution in [3.05, 3.63) is 41.7 Å². The Hall–Kier alpha value is -3.00. The van der Waals surface area contributed by atoms with Crippen molar-refractivity contribution >= 4 is 28.9 Å². The van der Waals surface area contributed by atoms with Gasteiger partial charge in [0, 0.05) is 25.6 Å². The fraction of sp³-hybridized carbons (Fsp3) is 0.429. The average Bonchev–Trinajstić information content (AvgIpc) is 3.37. The van der Waals surface area contributed by atoms with Gasteiger partial charge in [-0.25, -0.2) is 5.01 Å². The van der Waals surface area contributed by atoms with Crippen molar-refractivity contribution in [2.75, 3.05) is 16.9 Å². The number of nitrogens with zero attached hydrogens (tertiary/aromatic N) is 4. The van der Waals surface area contributed by atoms with Crippen molar-refractivity contribution in [1.29, 1.82) is 0 Å². The lowest BCUT2D eigenvalue weighted by atomic mass is 10.1. The summed E-state index contributed by atoms with van der Waals surface area (Å²) in [5.74, 6) is -0.427. The zero-order valence-corrected chi connectivity index (χ0v) is 16.7. The van der Waals surface area contributed by atoms with Crippen LogP contribution < -0.4 is 10.3 Å². The zero-order valence-electron chi connectivity index (χ0n) is 16.7. The number of ether oxygens (including phenoxy) is 1. The fourth-order valence-corrected chi connectivity index (χ4v) is 3.58. The molecule has 0 aliphatic carbocycles. The van der Waals surface area contributed by atoms with Gasteiger partial charge in [-0.3, -0.25) is 14.3 Å². The van der Waals surface area contributed by atoms with E-state index in [4.69, 9.17) is 4.74 Å². The molecule has 0 bridgehead atoms. The van der Waals surface area contributed by atoms with E-state index < -0.39 is 0 Å². The Morgan fingerprint density at radius 1 is 1.31 bits per heavy atom. The van der Waals surface area contributed by atoms with E-state index in [0.717, 1.165) is 30.6 Å². The number of anilines is 2. The van der Waals surface area contributed by atoms with Crippen molar-refractivity contribution in [2.24, 2.45) is 5.10 Å².